The topological polar surface area (TPSA) is 85.2 Å². The van der Waals surface area contributed by atoms with Gasteiger partial charge in [0.15, 0.2) is 5.78 Å². The molecule has 1 aliphatic heterocycles. The quantitative estimate of drug-likeness (QED) is 0.674. The van der Waals surface area contributed by atoms with E-state index in [0.29, 0.717) is 22.0 Å². The average Bonchev–Trinajstić information content (AvgIpc) is 2.81. The van der Waals surface area contributed by atoms with Crippen molar-refractivity contribution in [3.05, 3.63) is 44.4 Å². The van der Waals surface area contributed by atoms with E-state index < -0.39 is 17.1 Å². The van der Waals surface area contributed by atoms with Crippen molar-refractivity contribution in [1.82, 2.24) is 4.98 Å². The Hall–Kier alpha value is -1.82. The molecule has 7 heteroatoms. The number of hydrogen-bond acceptors (Lipinski definition) is 4. The van der Waals surface area contributed by atoms with Gasteiger partial charge in [0.25, 0.3) is 0 Å². The van der Waals surface area contributed by atoms with Gasteiger partial charge in [0, 0.05) is 11.9 Å². The van der Waals surface area contributed by atoms with Crippen molar-refractivity contribution in [2.45, 2.75) is 26.0 Å². The molecule has 96 valence electrons. The van der Waals surface area contributed by atoms with Crippen LogP contribution in [0.15, 0.2) is 23.6 Å². The first-order valence-electron chi connectivity index (χ1n) is 5.27. The van der Waals surface area contributed by atoms with Gasteiger partial charge in [0.2, 0.25) is 0 Å². The minimum Gasteiger partial charge on any atom is -0.434 e. The van der Waals surface area contributed by atoms with E-state index in [0.717, 1.165) is 0 Å². The highest BCUT2D eigenvalue weighted by molar-refractivity contribution is 6.30. The number of nitrogens with one attached hydrogen (secondary N) is 1. The highest BCUT2D eigenvalue weighted by Crippen LogP contribution is 2.39. The maximum absolute atomic E-state index is 11.6. The van der Waals surface area contributed by atoms with Crippen molar-refractivity contribution >= 4 is 17.4 Å². The fraction of sp³-hybridized carbons (Fsp3) is 0.364. The van der Waals surface area contributed by atoms with Crippen LogP contribution >= 0.6 is 11.6 Å². The Balaban J connectivity index is 2.49. The lowest BCUT2D eigenvalue weighted by atomic mass is 9.92. The van der Waals surface area contributed by atoms with Crippen LogP contribution in [0, 0.1) is 10.1 Å². The largest absolute Gasteiger partial charge is 0.434 e. The van der Waals surface area contributed by atoms with Gasteiger partial charge < -0.3 is 9.72 Å². The molecule has 0 saturated heterocycles. The molecule has 1 aromatic heterocycles. The molecular weight excluding hydrogens is 260 g/mol. The molecular formula is C11H11ClN2O4. The third-order valence-electron chi connectivity index (χ3n) is 2.87. The van der Waals surface area contributed by atoms with E-state index in [1.54, 1.807) is 13.0 Å². The maximum atomic E-state index is 11.6. The van der Waals surface area contributed by atoms with E-state index in [1.807, 2.05) is 0 Å². The molecule has 1 N–H and O–H groups in total. The van der Waals surface area contributed by atoms with Crippen molar-refractivity contribution in [3.8, 4) is 0 Å². The van der Waals surface area contributed by atoms with Crippen LogP contribution in [0.1, 0.15) is 25.5 Å². The summed E-state index contributed by atoms with van der Waals surface area (Å²) in [6.45, 7) is 2.92. The Morgan fingerprint density at radius 2 is 2.28 bits per heavy atom. The molecule has 0 saturated carbocycles. The molecule has 1 aromatic rings. The van der Waals surface area contributed by atoms with Crippen LogP contribution in [-0.4, -0.2) is 21.9 Å². The zero-order valence-electron chi connectivity index (χ0n) is 9.77. The minimum atomic E-state index is -1.29. The summed E-state index contributed by atoms with van der Waals surface area (Å²) in [5, 5.41) is 11.4. The second-order valence-corrected chi connectivity index (χ2v) is 4.51. The lowest BCUT2D eigenvalue weighted by Gasteiger charge is -2.12. The van der Waals surface area contributed by atoms with Gasteiger partial charge in [0.05, 0.1) is 15.5 Å². The molecule has 2 atom stereocenters. The number of nitro groups is 1. The molecule has 0 aromatic carbocycles. The number of aromatic amines is 1. The maximum Gasteiger partial charge on any atom is 0.366 e. The highest BCUT2D eigenvalue weighted by atomic mass is 35.5. The monoisotopic (exact) mass is 270 g/mol. The number of carbonyl (C=O) groups excluding carboxylic acids is 1. The van der Waals surface area contributed by atoms with Crippen LogP contribution < -0.4 is 0 Å². The Labute approximate surface area is 108 Å². The number of Topliss-reactive ketones (excluding diaryl/α,β-unsaturated/α-hetero) is 1. The molecule has 6 nitrogen and oxygen atoms in total. The first-order valence-corrected chi connectivity index (χ1v) is 5.65. The molecule has 0 amide bonds. The van der Waals surface area contributed by atoms with Crippen molar-refractivity contribution in [2.24, 2.45) is 0 Å². The van der Waals surface area contributed by atoms with Gasteiger partial charge in [-0.1, -0.05) is 11.6 Å². The van der Waals surface area contributed by atoms with Crippen LogP contribution in [0.2, 0.25) is 5.02 Å². The zero-order chi connectivity index (χ0) is 13.4. The van der Waals surface area contributed by atoms with Gasteiger partial charge in [-0.2, -0.15) is 0 Å². The average molecular weight is 271 g/mol. The summed E-state index contributed by atoms with van der Waals surface area (Å²) in [5.41, 5.74) is 0.818. The van der Waals surface area contributed by atoms with Gasteiger partial charge in [-0.15, -0.1) is 0 Å². The molecule has 0 radical (unpaired) electrons. The lowest BCUT2D eigenvalue weighted by Crippen LogP contribution is -2.27. The summed E-state index contributed by atoms with van der Waals surface area (Å²) in [7, 11) is 0. The SMILES string of the molecule is CC(=O)C1=C(C)OC([N+](=O)[O-])C1c1cc(Cl)c[nH]1. The number of rotatable bonds is 3. The van der Waals surface area contributed by atoms with E-state index in [2.05, 4.69) is 4.98 Å². The number of aromatic nitrogens is 1. The highest BCUT2D eigenvalue weighted by Gasteiger charge is 2.46. The Bertz CT molecular complexity index is 549. The Morgan fingerprint density at radius 3 is 2.72 bits per heavy atom. The van der Waals surface area contributed by atoms with Crippen molar-refractivity contribution in [2.75, 3.05) is 0 Å². The second-order valence-electron chi connectivity index (χ2n) is 4.07. The Kier molecular flexibility index (Phi) is 3.13. The summed E-state index contributed by atoms with van der Waals surface area (Å²) in [4.78, 5) is 24.9. The normalized spacial score (nSPS) is 23.1. The van der Waals surface area contributed by atoms with E-state index in [-0.39, 0.29) is 5.78 Å². The standard InChI is InChI=1S/C11H11ClN2O4/c1-5(15)9-6(2)18-11(14(16)17)10(9)8-3-7(12)4-13-8/h3-4,10-11,13H,1-2H3. The number of nitrogens with zero attached hydrogens (tertiary/aromatic N) is 1. The van der Waals surface area contributed by atoms with E-state index in [9.17, 15) is 14.9 Å². The second kappa shape index (κ2) is 4.45. The van der Waals surface area contributed by atoms with Crippen molar-refractivity contribution < 1.29 is 14.5 Å². The van der Waals surface area contributed by atoms with Crippen molar-refractivity contribution in [1.29, 1.82) is 0 Å². The summed E-state index contributed by atoms with van der Waals surface area (Å²) < 4.78 is 5.17. The fourth-order valence-electron chi connectivity index (χ4n) is 2.18. The molecule has 1 aliphatic rings. The molecule has 0 spiro atoms. The number of allylic oxidation sites excluding steroid dienone is 1. The van der Waals surface area contributed by atoms with Crippen LogP contribution in [0.5, 0.6) is 0 Å². The van der Waals surface area contributed by atoms with Gasteiger partial charge in [0.1, 0.15) is 11.7 Å². The number of ketones is 1. The minimum absolute atomic E-state index is 0.243. The molecule has 2 rings (SSSR count). The van der Waals surface area contributed by atoms with Crippen LogP contribution in [0.25, 0.3) is 0 Å². The van der Waals surface area contributed by atoms with E-state index in [1.165, 1.54) is 13.1 Å². The Morgan fingerprint density at radius 1 is 1.61 bits per heavy atom. The van der Waals surface area contributed by atoms with Crippen LogP contribution in [0.3, 0.4) is 0 Å². The number of hydrogen-bond donors (Lipinski definition) is 1. The fourth-order valence-corrected chi connectivity index (χ4v) is 2.35. The van der Waals surface area contributed by atoms with Gasteiger partial charge in [-0.3, -0.25) is 14.9 Å². The number of ether oxygens (including phenoxy) is 1. The number of H-pyrrole nitrogens is 1. The summed E-state index contributed by atoms with van der Waals surface area (Å²) >= 11 is 5.79. The van der Waals surface area contributed by atoms with Crippen LogP contribution in [-0.2, 0) is 9.53 Å². The number of halogens is 1. The first-order chi connectivity index (χ1) is 8.41. The molecule has 0 fully saturated rings. The molecule has 18 heavy (non-hydrogen) atoms. The summed E-state index contributed by atoms with van der Waals surface area (Å²) in [5.74, 6) is -0.697. The number of carbonyl (C=O) groups is 1. The molecule has 2 unspecified atom stereocenters. The zero-order valence-corrected chi connectivity index (χ0v) is 10.5. The predicted octanol–water partition coefficient (Wildman–Crippen LogP) is 2.25. The summed E-state index contributed by atoms with van der Waals surface area (Å²) in [6.07, 6.45) is 0.220. The predicted molar refractivity (Wildman–Crippen MR) is 63.8 cm³/mol. The molecule has 2 heterocycles. The van der Waals surface area contributed by atoms with E-state index in [4.69, 9.17) is 16.3 Å². The third-order valence-corrected chi connectivity index (χ3v) is 3.08. The van der Waals surface area contributed by atoms with Crippen LogP contribution in [0.4, 0.5) is 0 Å². The van der Waals surface area contributed by atoms with Crippen molar-refractivity contribution in [3.63, 3.8) is 0 Å². The summed E-state index contributed by atoms with van der Waals surface area (Å²) in [6, 6.07) is 1.56. The van der Waals surface area contributed by atoms with Gasteiger partial charge >= 0.3 is 6.23 Å². The smallest absolute Gasteiger partial charge is 0.366 e. The van der Waals surface area contributed by atoms with Gasteiger partial charge in [-0.25, -0.2) is 0 Å². The lowest BCUT2D eigenvalue weighted by molar-refractivity contribution is -0.570. The molecule has 0 bridgehead atoms. The van der Waals surface area contributed by atoms with E-state index >= 15 is 0 Å². The van der Waals surface area contributed by atoms with Gasteiger partial charge in [-0.05, 0) is 19.9 Å². The first kappa shape index (κ1) is 12.6. The third kappa shape index (κ3) is 1.99. The molecule has 0 aliphatic carbocycles.